The van der Waals surface area contributed by atoms with E-state index in [0.717, 1.165) is 11.3 Å². The smallest absolute Gasteiger partial charge is 0.240 e. The van der Waals surface area contributed by atoms with Gasteiger partial charge in [-0.1, -0.05) is 30.3 Å². The number of nitriles is 1. The molecule has 0 heterocycles. The Morgan fingerprint density at radius 2 is 2.16 bits per heavy atom. The van der Waals surface area contributed by atoms with Gasteiger partial charge in [-0.25, -0.2) is 0 Å². The molecule has 0 unspecified atom stereocenters. The van der Waals surface area contributed by atoms with Gasteiger partial charge in [0.2, 0.25) is 5.91 Å². The first-order chi connectivity index (χ1) is 9.19. The number of nitrogens with zero attached hydrogens (tertiary/aromatic N) is 2. The summed E-state index contributed by atoms with van der Waals surface area (Å²) in [6.45, 7) is 0.501. The first-order valence-electron chi connectivity index (χ1n) is 6.13. The van der Waals surface area contributed by atoms with Gasteiger partial charge in [-0.2, -0.15) is 17.0 Å². The molecule has 1 atom stereocenters. The van der Waals surface area contributed by atoms with Gasteiger partial charge in [0.05, 0.1) is 12.1 Å². The highest BCUT2D eigenvalue weighted by Crippen LogP contribution is 2.08. The first kappa shape index (κ1) is 15.5. The Balaban J connectivity index is 2.66. The molecule has 0 fully saturated rings. The van der Waals surface area contributed by atoms with Crippen molar-refractivity contribution < 1.29 is 4.79 Å². The zero-order chi connectivity index (χ0) is 14.1. The molecule has 0 aliphatic carbocycles. The van der Waals surface area contributed by atoms with E-state index in [1.54, 1.807) is 11.8 Å². The number of carbonyl (C=O) groups excluding carboxylic acids is 1. The summed E-state index contributed by atoms with van der Waals surface area (Å²) in [5.41, 5.74) is 6.88. The van der Waals surface area contributed by atoms with Gasteiger partial charge in [0.15, 0.2) is 0 Å². The predicted octanol–water partition coefficient (Wildman–Crippen LogP) is 1.62. The van der Waals surface area contributed by atoms with Gasteiger partial charge in [0.25, 0.3) is 0 Å². The molecule has 0 saturated carbocycles. The molecule has 0 aromatic heterocycles. The molecule has 0 spiro atoms. The number of hydrogen-bond acceptors (Lipinski definition) is 4. The van der Waals surface area contributed by atoms with Gasteiger partial charge in [-0.05, 0) is 24.0 Å². The summed E-state index contributed by atoms with van der Waals surface area (Å²) in [6, 6.07) is 11.1. The Labute approximate surface area is 118 Å². The fourth-order valence-electron chi connectivity index (χ4n) is 1.70. The van der Waals surface area contributed by atoms with Crippen LogP contribution < -0.4 is 5.73 Å². The molecule has 0 saturated heterocycles. The second kappa shape index (κ2) is 8.57. The van der Waals surface area contributed by atoms with E-state index in [1.165, 1.54) is 4.90 Å². The van der Waals surface area contributed by atoms with E-state index in [9.17, 15) is 4.79 Å². The van der Waals surface area contributed by atoms with Crippen molar-refractivity contribution in [3.8, 4) is 6.07 Å². The van der Waals surface area contributed by atoms with Crippen molar-refractivity contribution in [2.45, 2.75) is 19.0 Å². The van der Waals surface area contributed by atoms with Crippen molar-refractivity contribution in [1.29, 1.82) is 5.26 Å². The average molecular weight is 277 g/mol. The monoisotopic (exact) mass is 277 g/mol. The van der Waals surface area contributed by atoms with E-state index >= 15 is 0 Å². The second-order valence-electron chi connectivity index (χ2n) is 4.23. The fourth-order valence-corrected chi connectivity index (χ4v) is 2.19. The summed E-state index contributed by atoms with van der Waals surface area (Å²) in [7, 11) is 0. The number of nitrogens with two attached hydrogens (primary N) is 1. The van der Waals surface area contributed by atoms with Crippen LogP contribution in [0, 0.1) is 11.3 Å². The molecule has 1 amide bonds. The van der Waals surface area contributed by atoms with Crippen LogP contribution in [0.5, 0.6) is 0 Å². The quantitative estimate of drug-likeness (QED) is 0.769. The fraction of sp³-hybridized carbons (Fsp3) is 0.429. The Morgan fingerprint density at radius 1 is 1.47 bits per heavy atom. The molecule has 0 aliphatic heterocycles. The second-order valence-corrected chi connectivity index (χ2v) is 5.21. The molecular formula is C14H19N3OS. The van der Waals surface area contributed by atoms with E-state index in [1.807, 2.05) is 42.7 Å². The normalized spacial score (nSPS) is 11.6. The Morgan fingerprint density at radius 3 is 2.74 bits per heavy atom. The molecule has 1 aromatic rings. The zero-order valence-electron chi connectivity index (χ0n) is 11.1. The number of benzene rings is 1. The molecule has 19 heavy (non-hydrogen) atoms. The number of carbonyl (C=O) groups is 1. The van der Waals surface area contributed by atoms with Crippen LogP contribution >= 0.6 is 11.8 Å². The molecule has 4 nitrogen and oxygen atoms in total. The molecule has 102 valence electrons. The molecule has 1 rings (SSSR count). The number of thioether (sulfide) groups is 1. The van der Waals surface area contributed by atoms with Gasteiger partial charge < -0.3 is 10.6 Å². The van der Waals surface area contributed by atoms with E-state index in [-0.39, 0.29) is 12.5 Å². The standard InChI is InChI=1S/C14H19N3OS/c1-19-10-7-13(16)14(18)17(9-8-15)11-12-5-3-2-4-6-12/h2-6,13H,7,9-11,16H2,1H3/t13-/m1/s1. The molecular weight excluding hydrogens is 258 g/mol. The van der Waals surface area contributed by atoms with Crippen LogP contribution in [0.1, 0.15) is 12.0 Å². The third-order valence-corrected chi connectivity index (χ3v) is 3.38. The van der Waals surface area contributed by atoms with E-state index < -0.39 is 6.04 Å². The first-order valence-corrected chi connectivity index (χ1v) is 7.52. The van der Waals surface area contributed by atoms with E-state index in [0.29, 0.717) is 13.0 Å². The van der Waals surface area contributed by atoms with Gasteiger partial charge in [-0.3, -0.25) is 4.79 Å². The summed E-state index contributed by atoms with van der Waals surface area (Å²) in [6.07, 6.45) is 2.62. The lowest BCUT2D eigenvalue weighted by Crippen LogP contribution is -2.43. The lowest BCUT2D eigenvalue weighted by Gasteiger charge is -2.23. The summed E-state index contributed by atoms with van der Waals surface area (Å²) in [4.78, 5) is 13.7. The van der Waals surface area contributed by atoms with Crippen molar-refractivity contribution in [1.82, 2.24) is 4.90 Å². The van der Waals surface area contributed by atoms with Crippen LogP contribution in [0.25, 0.3) is 0 Å². The third kappa shape index (κ3) is 5.33. The van der Waals surface area contributed by atoms with Crippen LogP contribution in [0.4, 0.5) is 0 Å². The van der Waals surface area contributed by atoms with Crippen molar-refractivity contribution in [2.24, 2.45) is 5.73 Å². The maximum absolute atomic E-state index is 12.2. The topological polar surface area (TPSA) is 70.1 Å². The van der Waals surface area contributed by atoms with Gasteiger partial charge in [0, 0.05) is 6.54 Å². The lowest BCUT2D eigenvalue weighted by atomic mass is 10.1. The zero-order valence-corrected chi connectivity index (χ0v) is 11.9. The largest absolute Gasteiger partial charge is 0.324 e. The van der Waals surface area contributed by atoms with E-state index in [4.69, 9.17) is 11.0 Å². The third-order valence-electron chi connectivity index (χ3n) is 2.74. The van der Waals surface area contributed by atoms with Crippen molar-refractivity contribution in [3.05, 3.63) is 35.9 Å². The summed E-state index contributed by atoms with van der Waals surface area (Å²) in [5, 5.41) is 8.83. The van der Waals surface area contributed by atoms with Crippen LogP contribution in [0.2, 0.25) is 0 Å². The maximum atomic E-state index is 12.2. The number of amides is 1. The summed E-state index contributed by atoms with van der Waals surface area (Å²) < 4.78 is 0. The van der Waals surface area contributed by atoms with Crippen molar-refractivity contribution >= 4 is 17.7 Å². The van der Waals surface area contributed by atoms with Crippen LogP contribution in [0.15, 0.2) is 30.3 Å². The number of hydrogen-bond donors (Lipinski definition) is 1. The summed E-state index contributed by atoms with van der Waals surface area (Å²) in [5.74, 6) is 0.693. The molecule has 0 aliphatic rings. The minimum atomic E-state index is -0.524. The molecule has 0 bridgehead atoms. The Kier molecular flexibility index (Phi) is 7.01. The SMILES string of the molecule is CSCC[C@@H](N)C(=O)N(CC#N)Cc1ccccc1. The predicted molar refractivity (Wildman–Crippen MR) is 78.4 cm³/mol. The van der Waals surface area contributed by atoms with Crippen LogP contribution in [0.3, 0.4) is 0 Å². The highest BCUT2D eigenvalue weighted by Gasteiger charge is 2.20. The van der Waals surface area contributed by atoms with Crippen LogP contribution in [-0.2, 0) is 11.3 Å². The van der Waals surface area contributed by atoms with E-state index in [2.05, 4.69) is 0 Å². The Hall–Kier alpha value is -1.51. The number of rotatable bonds is 7. The minimum Gasteiger partial charge on any atom is -0.324 e. The Bertz CT molecular complexity index is 430. The van der Waals surface area contributed by atoms with Crippen molar-refractivity contribution in [2.75, 3.05) is 18.6 Å². The van der Waals surface area contributed by atoms with Crippen LogP contribution in [-0.4, -0.2) is 35.4 Å². The molecule has 0 radical (unpaired) electrons. The highest BCUT2D eigenvalue weighted by molar-refractivity contribution is 7.98. The molecule has 1 aromatic carbocycles. The van der Waals surface area contributed by atoms with Gasteiger partial charge in [0.1, 0.15) is 6.54 Å². The maximum Gasteiger partial charge on any atom is 0.240 e. The summed E-state index contributed by atoms with van der Waals surface area (Å²) >= 11 is 1.66. The molecule has 2 N–H and O–H groups in total. The lowest BCUT2D eigenvalue weighted by molar-refractivity contribution is -0.132. The van der Waals surface area contributed by atoms with Gasteiger partial charge in [-0.15, -0.1) is 0 Å². The molecule has 5 heteroatoms. The van der Waals surface area contributed by atoms with Crippen molar-refractivity contribution in [3.63, 3.8) is 0 Å². The average Bonchev–Trinajstić information content (AvgIpc) is 2.44. The van der Waals surface area contributed by atoms with Gasteiger partial charge >= 0.3 is 0 Å². The minimum absolute atomic E-state index is 0.0701. The highest BCUT2D eigenvalue weighted by atomic mass is 32.2.